The third-order valence-electron chi connectivity index (χ3n) is 6.19. The van der Waals surface area contributed by atoms with Crippen molar-refractivity contribution in [2.75, 3.05) is 17.4 Å². The second-order valence-corrected chi connectivity index (χ2v) is 11.6. The van der Waals surface area contributed by atoms with E-state index in [0.717, 1.165) is 27.4 Å². The fourth-order valence-electron chi connectivity index (χ4n) is 3.84. The number of anilines is 1. The zero-order chi connectivity index (χ0) is 27.9. The van der Waals surface area contributed by atoms with Crippen LogP contribution in [-0.4, -0.2) is 44.3 Å². The van der Waals surface area contributed by atoms with Crippen LogP contribution in [0.15, 0.2) is 77.7 Å². The van der Waals surface area contributed by atoms with Crippen LogP contribution >= 0.6 is 11.6 Å². The molecule has 9 heteroatoms. The fourth-order valence-corrected chi connectivity index (χ4v) is 5.38. The Balaban J connectivity index is 2.00. The average Bonchev–Trinajstić information content (AvgIpc) is 2.90. The van der Waals surface area contributed by atoms with Gasteiger partial charge in [0.2, 0.25) is 11.8 Å². The lowest BCUT2D eigenvalue weighted by molar-refractivity contribution is -0.139. The minimum absolute atomic E-state index is 0.0599. The summed E-state index contributed by atoms with van der Waals surface area (Å²) in [6.07, 6.45) is 0.753. The van der Waals surface area contributed by atoms with E-state index >= 15 is 0 Å². The van der Waals surface area contributed by atoms with Gasteiger partial charge in [-0.3, -0.25) is 13.9 Å². The summed E-state index contributed by atoms with van der Waals surface area (Å²) in [6, 6.07) is 19.6. The molecule has 0 spiro atoms. The predicted octanol–water partition coefficient (Wildman–Crippen LogP) is 5.10. The Morgan fingerprint density at radius 3 is 2.00 bits per heavy atom. The van der Waals surface area contributed by atoms with Gasteiger partial charge in [-0.15, -0.1) is 0 Å². The molecule has 1 N–H and O–H groups in total. The van der Waals surface area contributed by atoms with E-state index < -0.39 is 28.5 Å². The van der Waals surface area contributed by atoms with Gasteiger partial charge in [0.15, 0.2) is 0 Å². The highest BCUT2D eigenvalue weighted by Gasteiger charge is 2.32. The smallest absolute Gasteiger partial charge is 0.264 e. The van der Waals surface area contributed by atoms with Gasteiger partial charge in [0.1, 0.15) is 12.6 Å². The van der Waals surface area contributed by atoms with Crippen LogP contribution in [0.5, 0.6) is 0 Å². The van der Waals surface area contributed by atoms with Crippen molar-refractivity contribution in [1.82, 2.24) is 10.2 Å². The number of hydrogen-bond donors (Lipinski definition) is 1. The molecule has 0 aromatic heterocycles. The van der Waals surface area contributed by atoms with Gasteiger partial charge in [-0.2, -0.15) is 0 Å². The van der Waals surface area contributed by atoms with Crippen LogP contribution < -0.4 is 9.62 Å². The molecule has 0 unspecified atom stereocenters. The number of nitrogens with zero attached hydrogens (tertiary/aromatic N) is 2. The standard InChI is InChI=1S/C29H34ClN3O4S/c1-5-18-31-29(35)23(4)32(19-24-10-6-21(2)7-11-24)28(34)20-33(26-14-12-25(30)13-15-26)38(36,37)27-16-8-22(3)9-17-27/h6-17,23H,5,18-20H2,1-4H3,(H,31,35)/t23-/m0/s1. The van der Waals surface area contributed by atoms with E-state index in [1.165, 1.54) is 17.0 Å². The van der Waals surface area contributed by atoms with Crippen LogP contribution in [-0.2, 0) is 26.2 Å². The third-order valence-corrected chi connectivity index (χ3v) is 8.23. The number of carbonyl (C=O) groups excluding carboxylic acids is 2. The molecule has 0 fully saturated rings. The number of nitrogens with one attached hydrogen (secondary N) is 1. The molecule has 0 saturated carbocycles. The van der Waals surface area contributed by atoms with E-state index in [2.05, 4.69) is 5.32 Å². The number of amides is 2. The first-order chi connectivity index (χ1) is 18.0. The second kappa shape index (κ2) is 12.9. The van der Waals surface area contributed by atoms with Crippen LogP contribution in [0.1, 0.15) is 37.0 Å². The Labute approximate surface area is 230 Å². The quantitative estimate of drug-likeness (QED) is 0.357. The van der Waals surface area contributed by atoms with Gasteiger partial charge in [-0.1, -0.05) is 66.0 Å². The third kappa shape index (κ3) is 7.36. The molecule has 0 aliphatic rings. The molecule has 0 saturated heterocycles. The zero-order valence-electron chi connectivity index (χ0n) is 22.1. The van der Waals surface area contributed by atoms with Crippen molar-refractivity contribution in [1.29, 1.82) is 0 Å². The Kier molecular flexibility index (Phi) is 9.94. The van der Waals surface area contributed by atoms with Crippen molar-refractivity contribution in [3.8, 4) is 0 Å². The number of halogens is 1. The molecular formula is C29H34ClN3O4S. The van der Waals surface area contributed by atoms with Gasteiger partial charge >= 0.3 is 0 Å². The average molecular weight is 556 g/mol. The van der Waals surface area contributed by atoms with Crippen LogP contribution in [0.25, 0.3) is 0 Å². The van der Waals surface area contributed by atoms with Crippen LogP contribution in [0, 0.1) is 13.8 Å². The number of aryl methyl sites for hydroxylation is 2. The van der Waals surface area contributed by atoms with E-state index in [9.17, 15) is 18.0 Å². The topological polar surface area (TPSA) is 86.8 Å². The summed E-state index contributed by atoms with van der Waals surface area (Å²) < 4.78 is 28.6. The van der Waals surface area contributed by atoms with Gasteiger partial charge in [0.05, 0.1) is 10.6 Å². The number of sulfonamides is 1. The monoisotopic (exact) mass is 555 g/mol. The SMILES string of the molecule is CCCNC(=O)[C@H](C)N(Cc1ccc(C)cc1)C(=O)CN(c1ccc(Cl)cc1)S(=O)(=O)c1ccc(C)cc1. The van der Waals surface area contributed by atoms with Gasteiger partial charge < -0.3 is 10.2 Å². The molecule has 7 nitrogen and oxygen atoms in total. The molecule has 3 rings (SSSR count). The van der Waals surface area contributed by atoms with E-state index in [1.807, 2.05) is 45.0 Å². The predicted molar refractivity (Wildman–Crippen MR) is 152 cm³/mol. The maximum atomic E-state index is 13.8. The normalized spacial score (nSPS) is 12.0. The summed E-state index contributed by atoms with van der Waals surface area (Å²) in [5.41, 5.74) is 3.10. The maximum absolute atomic E-state index is 13.8. The second-order valence-electron chi connectivity index (χ2n) is 9.28. The highest BCUT2D eigenvalue weighted by atomic mass is 35.5. The van der Waals surface area contributed by atoms with Crippen molar-refractivity contribution in [2.24, 2.45) is 0 Å². The van der Waals surface area contributed by atoms with Crippen molar-refractivity contribution in [3.63, 3.8) is 0 Å². The van der Waals surface area contributed by atoms with Gasteiger partial charge in [-0.05, 0) is 69.2 Å². The number of benzene rings is 3. The molecule has 0 aliphatic carbocycles. The first-order valence-corrected chi connectivity index (χ1v) is 14.3. The van der Waals surface area contributed by atoms with Crippen molar-refractivity contribution < 1.29 is 18.0 Å². The molecule has 2 amide bonds. The molecule has 3 aromatic carbocycles. The molecule has 0 bridgehead atoms. The number of carbonyl (C=O) groups is 2. The van der Waals surface area contributed by atoms with E-state index in [0.29, 0.717) is 17.3 Å². The number of rotatable bonds is 11. The minimum Gasteiger partial charge on any atom is -0.354 e. The zero-order valence-corrected chi connectivity index (χ0v) is 23.7. The molecule has 0 aliphatic heterocycles. The van der Waals surface area contributed by atoms with Gasteiger partial charge in [0, 0.05) is 18.1 Å². The largest absolute Gasteiger partial charge is 0.354 e. The Morgan fingerprint density at radius 2 is 1.45 bits per heavy atom. The summed E-state index contributed by atoms with van der Waals surface area (Å²) in [5.74, 6) is -0.804. The molecule has 1 atom stereocenters. The molecule has 3 aromatic rings. The Hall–Kier alpha value is -3.36. The van der Waals surface area contributed by atoms with Crippen LogP contribution in [0.2, 0.25) is 5.02 Å². The summed E-state index contributed by atoms with van der Waals surface area (Å²) in [4.78, 5) is 28.2. The summed E-state index contributed by atoms with van der Waals surface area (Å²) >= 11 is 6.05. The lowest BCUT2D eigenvalue weighted by atomic mass is 10.1. The van der Waals surface area contributed by atoms with Crippen molar-refractivity contribution in [2.45, 2.75) is 51.6 Å². The summed E-state index contributed by atoms with van der Waals surface area (Å²) in [7, 11) is -4.11. The molecule has 38 heavy (non-hydrogen) atoms. The minimum atomic E-state index is -4.11. The first-order valence-electron chi connectivity index (χ1n) is 12.5. The van der Waals surface area contributed by atoms with E-state index in [4.69, 9.17) is 11.6 Å². The lowest BCUT2D eigenvalue weighted by Crippen LogP contribution is -2.51. The molecular weight excluding hydrogens is 522 g/mol. The molecule has 0 heterocycles. The van der Waals surface area contributed by atoms with Crippen molar-refractivity contribution >= 4 is 39.1 Å². The Morgan fingerprint density at radius 1 is 0.895 bits per heavy atom. The summed E-state index contributed by atoms with van der Waals surface area (Å²) in [5, 5.41) is 3.28. The first kappa shape index (κ1) is 29.2. The van der Waals surface area contributed by atoms with Crippen molar-refractivity contribution in [3.05, 3.63) is 94.5 Å². The fraction of sp³-hybridized carbons (Fsp3) is 0.310. The molecule has 202 valence electrons. The highest BCUT2D eigenvalue weighted by Crippen LogP contribution is 2.26. The number of hydrogen-bond acceptors (Lipinski definition) is 4. The van der Waals surface area contributed by atoms with Gasteiger partial charge in [-0.25, -0.2) is 8.42 Å². The summed E-state index contributed by atoms with van der Waals surface area (Å²) in [6.45, 7) is 7.57. The van der Waals surface area contributed by atoms with E-state index in [-0.39, 0.29) is 17.3 Å². The molecule has 0 radical (unpaired) electrons. The highest BCUT2D eigenvalue weighted by molar-refractivity contribution is 7.92. The van der Waals surface area contributed by atoms with Crippen LogP contribution in [0.4, 0.5) is 5.69 Å². The lowest BCUT2D eigenvalue weighted by Gasteiger charge is -2.32. The van der Waals surface area contributed by atoms with E-state index in [1.54, 1.807) is 43.3 Å². The maximum Gasteiger partial charge on any atom is 0.264 e. The van der Waals surface area contributed by atoms with Crippen LogP contribution in [0.3, 0.4) is 0 Å². The van der Waals surface area contributed by atoms with Gasteiger partial charge in [0.25, 0.3) is 10.0 Å². The Bertz CT molecular complexity index is 1340.